The van der Waals surface area contributed by atoms with Crippen LogP contribution in [0.5, 0.6) is 0 Å². The third-order valence-corrected chi connectivity index (χ3v) is 4.99. The number of nitrogens with two attached hydrogens (primary N) is 1. The molecule has 2 aliphatic rings. The molecule has 1 heterocycles. The molecule has 21 heavy (non-hydrogen) atoms. The van der Waals surface area contributed by atoms with E-state index < -0.39 is 5.60 Å². The van der Waals surface area contributed by atoms with Crippen molar-refractivity contribution in [3.8, 4) is 0 Å². The molecule has 0 radical (unpaired) electrons. The Hall–Kier alpha value is -0.770. The number of rotatable bonds is 3. The molecule has 2 fully saturated rings. The van der Waals surface area contributed by atoms with Crippen LogP contribution in [0.1, 0.15) is 59.3 Å². The number of nitrogens with zero attached hydrogens (tertiary/aromatic N) is 1. The first-order valence-electron chi connectivity index (χ1n) is 8.58. The number of amides is 1. The molecule has 2 N–H and O–H groups in total. The SMILES string of the molecule is CC(C)(C)OC(=O)N1CCC(C2CCCC2)C(CCN)C1. The lowest BCUT2D eigenvalue weighted by atomic mass is 9.74. The highest BCUT2D eigenvalue weighted by atomic mass is 16.6. The van der Waals surface area contributed by atoms with Crippen LogP contribution in [0.15, 0.2) is 0 Å². The van der Waals surface area contributed by atoms with E-state index in [1.54, 1.807) is 0 Å². The first-order chi connectivity index (χ1) is 9.90. The van der Waals surface area contributed by atoms with Crippen molar-refractivity contribution in [3.05, 3.63) is 0 Å². The second kappa shape index (κ2) is 6.99. The fourth-order valence-corrected chi connectivity index (χ4v) is 4.07. The molecule has 1 aliphatic carbocycles. The number of carbonyl (C=O) groups excluding carboxylic acids is 1. The van der Waals surface area contributed by atoms with Gasteiger partial charge in [-0.1, -0.05) is 25.7 Å². The summed E-state index contributed by atoms with van der Waals surface area (Å²) in [7, 11) is 0. The number of piperidine rings is 1. The van der Waals surface area contributed by atoms with Gasteiger partial charge in [-0.15, -0.1) is 0 Å². The molecule has 122 valence electrons. The Bertz CT molecular complexity index is 345. The summed E-state index contributed by atoms with van der Waals surface area (Å²) in [5.41, 5.74) is 5.39. The molecule has 0 aromatic rings. The number of hydrogen-bond donors (Lipinski definition) is 1. The number of likely N-dealkylation sites (tertiary alicyclic amines) is 1. The van der Waals surface area contributed by atoms with E-state index in [4.69, 9.17) is 10.5 Å². The standard InChI is InChI=1S/C17H32N2O2/c1-17(2,3)21-16(20)19-11-9-15(13-6-4-5-7-13)14(12-19)8-10-18/h13-15H,4-12,18H2,1-3H3. The van der Waals surface area contributed by atoms with Gasteiger partial charge in [-0.05, 0) is 57.9 Å². The number of ether oxygens (including phenoxy) is 1. The van der Waals surface area contributed by atoms with Gasteiger partial charge in [0.05, 0.1) is 0 Å². The lowest BCUT2D eigenvalue weighted by Crippen LogP contribution is -2.47. The molecule has 4 heteroatoms. The van der Waals surface area contributed by atoms with Crippen LogP contribution in [0.25, 0.3) is 0 Å². The van der Waals surface area contributed by atoms with Crippen LogP contribution in [-0.2, 0) is 4.74 Å². The monoisotopic (exact) mass is 296 g/mol. The third kappa shape index (κ3) is 4.60. The normalized spacial score (nSPS) is 27.9. The molecule has 0 bridgehead atoms. The zero-order valence-corrected chi connectivity index (χ0v) is 13.9. The van der Waals surface area contributed by atoms with Crippen LogP contribution >= 0.6 is 0 Å². The summed E-state index contributed by atoms with van der Waals surface area (Å²) in [6.07, 6.45) is 7.50. The van der Waals surface area contributed by atoms with Gasteiger partial charge in [0.25, 0.3) is 0 Å². The van der Waals surface area contributed by atoms with Gasteiger partial charge in [0.15, 0.2) is 0 Å². The molecule has 0 spiro atoms. The molecular weight excluding hydrogens is 264 g/mol. The van der Waals surface area contributed by atoms with Crippen LogP contribution in [0.3, 0.4) is 0 Å². The summed E-state index contributed by atoms with van der Waals surface area (Å²) in [4.78, 5) is 14.2. The minimum Gasteiger partial charge on any atom is -0.444 e. The maximum Gasteiger partial charge on any atom is 0.410 e. The Morgan fingerprint density at radius 3 is 2.48 bits per heavy atom. The minimum absolute atomic E-state index is 0.158. The summed E-state index contributed by atoms with van der Waals surface area (Å²) in [5.74, 6) is 2.18. The van der Waals surface area contributed by atoms with Gasteiger partial charge in [-0.25, -0.2) is 4.79 Å². The zero-order chi connectivity index (χ0) is 15.5. The average Bonchev–Trinajstić information content (AvgIpc) is 2.90. The van der Waals surface area contributed by atoms with E-state index in [9.17, 15) is 4.79 Å². The second-order valence-electron chi connectivity index (χ2n) is 7.76. The lowest BCUT2D eigenvalue weighted by molar-refractivity contribution is 0.00427. The van der Waals surface area contributed by atoms with Gasteiger partial charge >= 0.3 is 6.09 Å². The van der Waals surface area contributed by atoms with Crippen molar-refractivity contribution in [2.24, 2.45) is 23.5 Å². The quantitative estimate of drug-likeness (QED) is 0.868. The van der Waals surface area contributed by atoms with Gasteiger partial charge in [0, 0.05) is 13.1 Å². The Labute approximate surface area is 129 Å². The van der Waals surface area contributed by atoms with Gasteiger partial charge < -0.3 is 15.4 Å². The van der Waals surface area contributed by atoms with Crippen molar-refractivity contribution >= 4 is 6.09 Å². The van der Waals surface area contributed by atoms with Gasteiger partial charge in [-0.2, -0.15) is 0 Å². The minimum atomic E-state index is -0.414. The Balaban J connectivity index is 1.95. The van der Waals surface area contributed by atoms with E-state index in [0.29, 0.717) is 5.92 Å². The predicted octanol–water partition coefficient (Wildman–Crippen LogP) is 3.40. The molecule has 2 unspecified atom stereocenters. The Kier molecular flexibility index (Phi) is 5.53. The molecule has 4 nitrogen and oxygen atoms in total. The maximum atomic E-state index is 12.3. The van der Waals surface area contributed by atoms with Crippen LogP contribution in [0.4, 0.5) is 4.79 Å². The topological polar surface area (TPSA) is 55.6 Å². The van der Waals surface area contributed by atoms with E-state index in [1.807, 2.05) is 25.7 Å². The molecule has 2 atom stereocenters. The molecular formula is C17H32N2O2. The first-order valence-corrected chi connectivity index (χ1v) is 8.58. The van der Waals surface area contributed by atoms with Crippen LogP contribution < -0.4 is 5.73 Å². The summed E-state index contributed by atoms with van der Waals surface area (Å²) in [6.45, 7) is 8.16. The predicted molar refractivity (Wildman–Crippen MR) is 85.0 cm³/mol. The highest BCUT2D eigenvalue weighted by Gasteiger charge is 2.37. The van der Waals surface area contributed by atoms with Crippen molar-refractivity contribution in [1.29, 1.82) is 0 Å². The van der Waals surface area contributed by atoms with Crippen molar-refractivity contribution in [2.45, 2.75) is 64.9 Å². The number of carbonyl (C=O) groups is 1. The average molecular weight is 296 g/mol. The first kappa shape index (κ1) is 16.6. The smallest absolute Gasteiger partial charge is 0.410 e. The van der Waals surface area contributed by atoms with Crippen LogP contribution in [0.2, 0.25) is 0 Å². The van der Waals surface area contributed by atoms with E-state index >= 15 is 0 Å². The zero-order valence-electron chi connectivity index (χ0n) is 13.9. The van der Waals surface area contributed by atoms with Crippen molar-refractivity contribution in [3.63, 3.8) is 0 Å². The van der Waals surface area contributed by atoms with Gasteiger partial charge in [-0.3, -0.25) is 0 Å². The summed E-state index contributed by atoms with van der Waals surface area (Å²) < 4.78 is 5.52. The maximum absolute atomic E-state index is 12.3. The second-order valence-corrected chi connectivity index (χ2v) is 7.76. The van der Waals surface area contributed by atoms with Crippen molar-refractivity contribution in [2.75, 3.05) is 19.6 Å². The van der Waals surface area contributed by atoms with E-state index in [-0.39, 0.29) is 6.09 Å². The number of hydrogen-bond acceptors (Lipinski definition) is 3. The largest absolute Gasteiger partial charge is 0.444 e. The highest BCUT2D eigenvalue weighted by Crippen LogP contribution is 2.40. The fraction of sp³-hybridized carbons (Fsp3) is 0.941. The molecule has 1 saturated carbocycles. The third-order valence-electron chi connectivity index (χ3n) is 4.99. The van der Waals surface area contributed by atoms with Crippen molar-refractivity contribution in [1.82, 2.24) is 4.90 Å². The Morgan fingerprint density at radius 2 is 1.90 bits per heavy atom. The van der Waals surface area contributed by atoms with Gasteiger partial charge in [0.2, 0.25) is 0 Å². The summed E-state index contributed by atoms with van der Waals surface area (Å²) in [5, 5.41) is 0. The Morgan fingerprint density at radius 1 is 1.24 bits per heavy atom. The molecule has 1 amide bonds. The fourth-order valence-electron chi connectivity index (χ4n) is 4.07. The van der Waals surface area contributed by atoms with Crippen molar-refractivity contribution < 1.29 is 9.53 Å². The highest BCUT2D eigenvalue weighted by molar-refractivity contribution is 5.68. The van der Waals surface area contributed by atoms with E-state index in [0.717, 1.165) is 44.3 Å². The molecule has 1 aliphatic heterocycles. The molecule has 0 aromatic heterocycles. The van der Waals surface area contributed by atoms with Crippen LogP contribution in [-0.4, -0.2) is 36.2 Å². The van der Waals surface area contributed by atoms with E-state index in [1.165, 1.54) is 25.7 Å². The van der Waals surface area contributed by atoms with Crippen LogP contribution in [0, 0.1) is 17.8 Å². The van der Waals surface area contributed by atoms with E-state index in [2.05, 4.69) is 0 Å². The summed E-state index contributed by atoms with van der Waals surface area (Å²) >= 11 is 0. The summed E-state index contributed by atoms with van der Waals surface area (Å²) in [6, 6.07) is 0. The van der Waals surface area contributed by atoms with Gasteiger partial charge in [0.1, 0.15) is 5.60 Å². The lowest BCUT2D eigenvalue weighted by Gasteiger charge is -2.41. The molecule has 2 rings (SSSR count). The molecule has 0 aromatic carbocycles. The molecule has 1 saturated heterocycles.